The van der Waals surface area contributed by atoms with Crippen molar-refractivity contribution >= 4 is 31.7 Å². The molecule has 0 amide bonds. The topological polar surface area (TPSA) is 49.2 Å². The van der Waals surface area contributed by atoms with Crippen LogP contribution in [0.15, 0.2) is 42.5 Å². The molecule has 0 radical (unpaired) electrons. The molecule has 4 rings (SSSR count). The molecule has 188 valence electrons. The van der Waals surface area contributed by atoms with Crippen LogP contribution in [-0.4, -0.2) is 47.3 Å². The first-order valence-electron chi connectivity index (χ1n) is 12.1. The number of hydrogen-bond acceptors (Lipinski definition) is 5. The molecule has 0 spiro atoms. The lowest BCUT2D eigenvalue weighted by Gasteiger charge is -2.39. The molecule has 0 saturated carbocycles. The largest absolute Gasteiger partial charge is 0.497 e. The Hall–Kier alpha value is -1.80. The average Bonchev–Trinajstić information content (AvgIpc) is 3.10. The van der Waals surface area contributed by atoms with Crippen LogP contribution >= 0.6 is 23.4 Å². The predicted octanol–water partition coefficient (Wildman–Crippen LogP) is 7.34. The zero-order valence-corrected chi connectivity index (χ0v) is 24.4. The van der Waals surface area contributed by atoms with Gasteiger partial charge >= 0.3 is 0 Å². The van der Waals surface area contributed by atoms with Crippen molar-refractivity contribution < 1.29 is 9.16 Å². The van der Waals surface area contributed by atoms with E-state index in [9.17, 15) is 0 Å². The number of aromatic nitrogens is 3. The number of hydrogen-bond donors (Lipinski definition) is 0. The van der Waals surface area contributed by atoms with E-state index >= 15 is 0 Å². The summed E-state index contributed by atoms with van der Waals surface area (Å²) in [5.74, 6) is 3.65. The normalized spacial score (nSPS) is 18.7. The van der Waals surface area contributed by atoms with Crippen LogP contribution in [0, 0.1) is 0 Å². The number of benzene rings is 2. The maximum absolute atomic E-state index is 6.78. The Morgan fingerprint density at radius 3 is 2.40 bits per heavy atom. The van der Waals surface area contributed by atoms with Gasteiger partial charge in [-0.25, -0.2) is 0 Å². The van der Waals surface area contributed by atoms with Gasteiger partial charge in [0.15, 0.2) is 14.1 Å². The maximum Gasteiger partial charge on any atom is 0.192 e. The monoisotopic (exact) mass is 529 g/mol. The minimum absolute atomic E-state index is 0.0317. The summed E-state index contributed by atoms with van der Waals surface area (Å²) >= 11 is 8.76. The van der Waals surface area contributed by atoms with E-state index in [1.165, 1.54) is 0 Å². The van der Waals surface area contributed by atoms with Gasteiger partial charge in [0.25, 0.3) is 0 Å². The summed E-state index contributed by atoms with van der Waals surface area (Å²) < 4.78 is 14.1. The van der Waals surface area contributed by atoms with Crippen molar-refractivity contribution in [2.24, 2.45) is 0 Å². The molecule has 1 aromatic heterocycles. The van der Waals surface area contributed by atoms with E-state index in [2.05, 4.69) is 67.7 Å². The molecular weight excluding hydrogens is 494 g/mol. The Morgan fingerprint density at radius 1 is 1.09 bits per heavy atom. The molecule has 2 heterocycles. The third kappa shape index (κ3) is 5.63. The van der Waals surface area contributed by atoms with E-state index < -0.39 is 8.32 Å². The quantitative estimate of drug-likeness (QED) is 0.312. The second-order valence-electron chi connectivity index (χ2n) is 11.0. The molecule has 1 aliphatic heterocycles. The van der Waals surface area contributed by atoms with Crippen molar-refractivity contribution in [3.63, 3.8) is 0 Å². The van der Waals surface area contributed by atoms with Gasteiger partial charge in [-0.2, -0.15) is 11.8 Å². The third-order valence-corrected chi connectivity index (χ3v) is 13.4. The van der Waals surface area contributed by atoms with E-state index in [4.69, 9.17) is 20.8 Å². The lowest BCUT2D eigenvalue weighted by molar-refractivity contribution is 0.252. The first-order chi connectivity index (χ1) is 16.4. The van der Waals surface area contributed by atoms with Gasteiger partial charge in [0, 0.05) is 35.6 Å². The second-order valence-corrected chi connectivity index (χ2v) is 17.9. The number of rotatable bonds is 6. The van der Waals surface area contributed by atoms with Crippen molar-refractivity contribution in [1.29, 1.82) is 0 Å². The summed E-state index contributed by atoms with van der Waals surface area (Å²) in [6.07, 6.45) is 0.820. The van der Waals surface area contributed by atoms with Crippen LogP contribution in [0.3, 0.4) is 0 Å². The summed E-state index contributed by atoms with van der Waals surface area (Å²) in [6, 6.07) is 14.1. The summed E-state index contributed by atoms with van der Waals surface area (Å²) in [4.78, 5) is 0. The van der Waals surface area contributed by atoms with Gasteiger partial charge < -0.3 is 13.7 Å². The molecule has 0 fully saturated rings. The minimum Gasteiger partial charge on any atom is -0.497 e. The van der Waals surface area contributed by atoms with Gasteiger partial charge in [0.1, 0.15) is 11.6 Å². The van der Waals surface area contributed by atoms with Crippen molar-refractivity contribution in [2.45, 2.75) is 63.5 Å². The predicted molar refractivity (Wildman–Crippen MR) is 150 cm³/mol. The van der Waals surface area contributed by atoms with E-state index in [1.807, 2.05) is 42.1 Å². The molecule has 8 heteroatoms. The standard InChI is InChI=1S/C27H36ClN3O2SSi/c1-26(2,3)35(6,7)33-18-27(4)17-24-29-30-25(31(24)14-15-34-27)22-13-10-20(16-23(22)28)19-8-11-21(32-5)12-9-19/h8-13,16H,14-15,17-18H2,1-7H3. The van der Waals surface area contributed by atoms with Crippen LogP contribution in [0.25, 0.3) is 22.5 Å². The maximum atomic E-state index is 6.78. The molecular formula is C27H36ClN3O2SSi. The van der Waals surface area contributed by atoms with Gasteiger partial charge in [0.05, 0.1) is 12.1 Å². The fraction of sp³-hybridized carbons (Fsp3) is 0.481. The summed E-state index contributed by atoms with van der Waals surface area (Å²) in [6.45, 7) is 15.4. The van der Waals surface area contributed by atoms with E-state index in [1.54, 1.807) is 7.11 Å². The molecule has 0 aliphatic carbocycles. The Labute approximate surface area is 219 Å². The molecule has 0 N–H and O–H groups in total. The van der Waals surface area contributed by atoms with E-state index in [0.29, 0.717) is 5.02 Å². The molecule has 2 aromatic carbocycles. The third-order valence-electron chi connectivity index (χ3n) is 7.30. The van der Waals surface area contributed by atoms with Crippen LogP contribution < -0.4 is 4.74 Å². The first kappa shape index (κ1) is 26.3. The lowest BCUT2D eigenvalue weighted by Crippen LogP contribution is -2.45. The molecule has 0 saturated heterocycles. The molecule has 3 aromatic rings. The molecule has 35 heavy (non-hydrogen) atoms. The number of nitrogens with zero attached hydrogens (tertiary/aromatic N) is 3. The van der Waals surface area contributed by atoms with Crippen molar-refractivity contribution in [2.75, 3.05) is 19.5 Å². The number of methoxy groups -OCH3 is 1. The molecule has 5 nitrogen and oxygen atoms in total. The van der Waals surface area contributed by atoms with Gasteiger partial charge in [0.2, 0.25) is 0 Å². The molecule has 0 bridgehead atoms. The molecule has 1 unspecified atom stereocenters. The zero-order chi connectivity index (χ0) is 25.4. The van der Waals surface area contributed by atoms with Crippen LogP contribution in [0.5, 0.6) is 5.75 Å². The number of thioether (sulfide) groups is 1. The van der Waals surface area contributed by atoms with Crippen LogP contribution in [0.4, 0.5) is 0 Å². The Balaban J connectivity index is 1.56. The Morgan fingerprint density at radius 2 is 1.77 bits per heavy atom. The summed E-state index contributed by atoms with van der Waals surface area (Å²) in [7, 11) is -0.147. The van der Waals surface area contributed by atoms with Crippen LogP contribution in [-0.2, 0) is 17.4 Å². The van der Waals surface area contributed by atoms with Crippen molar-refractivity contribution in [1.82, 2.24) is 14.8 Å². The highest BCUT2D eigenvalue weighted by atomic mass is 35.5. The summed E-state index contributed by atoms with van der Waals surface area (Å²) in [5.41, 5.74) is 3.06. The van der Waals surface area contributed by atoms with Crippen LogP contribution in [0.1, 0.15) is 33.5 Å². The zero-order valence-electron chi connectivity index (χ0n) is 21.8. The second kappa shape index (κ2) is 9.92. The highest BCUT2D eigenvalue weighted by Gasteiger charge is 2.40. The van der Waals surface area contributed by atoms with Gasteiger partial charge in [-0.1, -0.05) is 50.6 Å². The van der Waals surface area contributed by atoms with Crippen molar-refractivity contribution in [3.05, 3.63) is 53.3 Å². The fourth-order valence-corrected chi connectivity index (χ4v) is 6.59. The molecule has 1 aliphatic rings. The first-order valence-corrected chi connectivity index (χ1v) is 16.3. The minimum atomic E-state index is -1.82. The van der Waals surface area contributed by atoms with E-state index in [0.717, 1.165) is 59.4 Å². The van der Waals surface area contributed by atoms with Crippen LogP contribution in [0.2, 0.25) is 23.2 Å². The van der Waals surface area contributed by atoms with Gasteiger partial charge in [-0.15, -0.1) is 10.2 Å². The smallest absolute Gasteiger partial charge is 0.192 e. The molecule has 1 atom stereocenters. The Kier molecular flexibility index (Phi) is 7.45. The highest BCUT2D eigenvalue weighted by molar-refractivity contribution is 8.00. The SMILES string of the molecule is COc1ccc(-c2ccc(-c3nnc4n3CCSC(C)(CO[Si](C)(C)C(C)(C)C)C4)c(Cl)c2)cc1. The average molecular weight is 530 g/mol. The fourth-order valence-electron chi connectivity index (χ4n) is 3.97. The number of ether oxygens (including phenoxy) is 1. The summed E-state index contributed by atoms with van der Waals surface area (Å²) in [5, 5.41) is 10.1. The Bertz CT molecular complexity index is 1190. The van der Waals surface area contributed by atoms with Crippen molar-refractivity contribution in [3.8, 4) is 28.3 Å². The highest BCUT2D eigenvalue weighted by Crippen LogP contribution is 2.40. The van der Waals surface area contributed by atoms with E-state index in [-0.39, 0.29) is 9.79 Å². The van der Waals surface area contributed by atoms with Gasteiger partial charge in [-0.3, -0.25) is 0 Å². The van der Waals surface area contributed by atoms with Gasteiger partial charge in [-0.05, 0) is 60.4 Å². The number of halogens is 1. The lowest BCUT2D eigenvalue weighted by atomic mass is 10.0. The number of fused-ring (bicyclic) bond motifs is 1.